The predicted molar refractivity (Wildman–Crippen MR) is 70.2 cm³/mol. The highest BCUT2D eigenvalue weighted by Crippen LogP contribution is 2.34. The highest BCUT2D eigenvalue weighted by molar-refractivity contribution is 7.99. The molecule has 0 aliphatic carbocycles. The van der Waals surface area contributed by atoms with E-state index in [2.05, 4.69) is 23.5 Å². The molecule has 2 aliphatic rings. The van der Waals surface area contributed by atoms with Crippen LogP contribution in [0, 0.1) is 5.92 Å². The lowest BCUT2D eigenvalue weighted by molar-refractivity contribution is 0.375. The number of nitrogens with one attached hydrogen (secondary N) is 1. The zero-order chi connectivity index (χ0) is 10.8. The molecule has 1 nitrogen and oxygen atoms in total. The van der Waals surface area contributed by atoms with Crippen molar-refractivity contribution >= 4 is 11.8 Å². The fourth-order valence-corrected chi connectivity index (χ4v) is 4.00. The van der Waals surface area contributed by atoms with Gasteiger partial charge in [-0.25, -0.2) is 0 Å². The van der Waals surface area contributed by atoms with Crippen LogP contribution in [0.5, 0.6) is 0 Å². The lowest BCUT2D eigenvalue weighted by Crippen LogP contribution is -2.31. The molecule has 16 heavy (non-hydrogen) atoms. The molecule has 0 radical (unpaired) electrons. The smallest absolute Gasteiger partial charge is 0.0107 e. The van der Waals surface area contributed by atoms with Crippen molar-refractivity contribution in [3.05, 3.63) is 29.3 Å². The van der Waals surface area contributed by atoms with Gasteiger partial charge in [-0.15, -0.1) is 11.8 Å². The van der Waals surface area contributed by atoms with Crippen LogP contribution in [0.3, 0.4) is 0 Å². The summed E-state index contributed by atoms with van der Waals surface area (Å²) in [7, 11) is 0. The van der Waals surface area contributed by atoms with E-state index in [1.165, 1.54) is 44.5 Å². The number of benzene rings is 1. The summed E-state index contributed by atoms with van der Waals surface area (Å²) in [6.07, 6.45) is 5.34. The lowest BCUT2D eigenvalue weighted by Gasteiger charge is -2.23. The third-order valence-corrected chi connectivity index (χ3v) is 4.85. The van der Waals surface area contributed by atoms with E-state index in [1.54, 1.807) is 16.0 Å². The normalized spacial score (nSPS) is 24.4. The third kappa shape index (κ3) is 2.14. The van der Waals surface area contributed by atoms with Gasteiger partial charge in [0.25, 0.3) is 0 Å². The van der Waals surface area contributed by atoms with Crippen molar-refractivity contribution in [2.45, 2.75) is 30.6 Å². The highest BCUT2D eigenvalue weighted by Gasteiger charge is 2.19. The summed E-state index contributed by atoms with van der Waals surface area (Å²) in [4.78, 5) is 1.54. The van der Waals surface area contributed by atoms with Crippen LogP contribution in [0.15, 0.2) is 23.1 Å². The monoisotopic (exact) mass is 233 g/mol. The van der Waals surface area contributed by atoms with Crippen LogP contribution in [-0.4, -0.2) is 18.8 Å². The van der Waals surface area contributed by atoms with E-state index < -0.39 is 0 Å². The largest absolute Gasteiger partial charge is 0.316 e. The fourth-order valence-electron chi connectivity index (χ4n) is 2.89. The summed E-state index contributed by atoms with van der Waals surface area (Å²) in [6.45, 7) is 2.44. The zero-order valence-corrected chi connectivity index (χ0v) is 10.5. The van der Waals surface area contributed by atoms with Gasteiger partial charge in [-0.05, 0) is 61.9 Å². The Morgan fingerprint density at radius 1 is 1.38 bits per heavy atom. The van der Waals surface area contributed by atoms with Crippen LogP contribution >= 0.6 is 11.8 Å². The van der Waals surface area contributed by atoms with Crippen molar-refractivity contribution in [1.29, 1.82) is 0 Å². The van der Waals surface area contributed by atoms with Gasteiger partial charge in [-0.2, -0.15) is 0 Å². The van der Waals surface area contributed by atoms with E-state index >= 15 is 0 Å². The van der Waals surface area contributed by atoms with Gasteiger partial charge in [0.05, 0.1) is 0 Å². The minimum atomic E-state index is 0.867. The van der Waals surface area contributed by atoms with Crippen LogP contribution in [0.4, 0.5) is 0 Å². The fraction of sp³-hybridized carbons (Fsp3) is 0.571. The molecule has 1 N–H and O–H groups in total. The second-order valence-electron chi connectivity index (χ2n) is 4.91. The van der Waals surface area contributed by atoms with Crippen molar-refractivity contribution in [2.24, 2.45) is 5.92 Å². The average molecular weight is 233 g/mol. The highest BCUT2D eigenvalue weighted by atomic mass is 32.2. The first kappa shape index (κ1) is 10.7. The molecule has 86 valence electrons. The first-order valence-electron chi connectivity index (χ1n) is 6.38. The summed E-state index contributed by atoms with van der Waals surface area (Å²) >= 11 is 2.03. The van der Waals surface area contributed by atoms with Crippen molar-refractivity contribution in [2.75, 3.05) is 18.8 Å². The Hall–Kier alpha value is -0.470. The Morgan fingerprint density at radius 3 is 3.25 bits per heavy atom. The molecular weight excluding hydrogens is 214 g/mol. The zero-order valence-electron chi connectivity index (χ0n) is 9.67. The molecule has 0 spiro atoms. The van der Waals surface area contributed by atoms with E-state index in [0.717, 1.165) is 5.92 Å². The molecule has 0 aromatic heterocycles. The SMILES string of the molecule is c1cc(CC2CCCNC2)c2c(c1)SCC2. The number of rotatable bonds is 2. The lowest BCUT2D eigenvalue weighted by atomic mass is 9.90. The van der Waals surface area contributed by atoms with E-state index in [-0.39, 0.29) is 0 Å². The van der Waals surface area contributed by atoms with E-state index in [0.29, 0.717) is 0 Å². The first-order valence-corrected chi connectivity index (χ1v) is 7.36. The molecule has 1 atom stereocenters. The second-order valence-corrected chi connectivity index (χ2v) is 6.05. The molecule has 0 saturated carbocycles. The molecule has 2 aliphatic heterocycles. The first-order chi connectivity index (χ1) is 7.93. The summed E-state index contributed by atoms with van der Waals surface area (Å²) < 4.78 is 0. The third-order valence-electron chi connectivity index (χ3n) is 3.75. The molecule has 0 bridgehead atoms. The van der Waals surface area contributed by atoms with Gasteiger partial charge in [-0.1, -0.05) is 12.1 Å². The molecule has 2 heterocycles. The summed E-state index contributed by atoms with van der Waals surface area (Å²) in [5, 5.41) is 3.52. The molecule has 2 heteroatoms. The average Bonchev–Trinajstić information content (AvgIpc) is 2.80. The minimum Gasteiger partial charge on any atom is -0.316 e. The molecule has 1 fully saturated rings. The van der Waals surface area contributed by atoms with Gasteiger partial charge in [-0.3, -0.25) is 0 Å². The van der Waals surface area contributed by atoms with Gasteiger partial charge in [0, 0.05) is 10.6 Å². The standard InChI is InChI=1S/C14H19NS/c1-4-12(9-11-3-2-7-15-10-11)13-6-8-16-14(13)5-1/h1,4-5,11,15H,2-3,6-10H2. The summed E-state index contributed by atoms with van der Waals surface area (Å²) in [5.41, 5.74) is 3.27. The Balaban J connectivity index is 1.76. The number of piperidine rings is 1. The second kappa shape index (κ2) is 4.80. The molecule has 1 saturated heterocycles. The van der Waals surface area contributed by atoms with Gasteiger partial charge in [0.15, 0.2) is 0 Å². The van der Waals surface area contributed by atoms with Gasteiger partial charge in [0.2, 0.25) is 0 Å². The van der Waals surface area contributed by atoms with Gasteiger partial charge >= 0.3 is 0 Å². The minimum absolute atomic E-state index is 0.867. The summed E-state index contributed by atoms with van der Waals surface area (Å²) in [5.74, 6) is 2.15. The molecule has 1 aromatic rings. The van der Waals surface area contributed by atoms with Gasteiger partial charge in [0.1, 0.15) is 0 Å². The van der Waals surface area contributed by atoms with Crippen LogP contribution < -0.4 is 5.32 Å². The molecular formula is C14H19NS. The number of hydrogen-bond donors (Lipinski definition) is 1. The number of thioether (sulfide) groups is 1. The molecule has 1 aromatic carbocycles. The van der Waals surface area contributed by atoms with Crippen molar-refractivity contribution in [3.8, 4) is 0 Å². The van der Waals surface area contributed by atoms with Crippen LogP contribution in [-0.2, 0) is 12.8 Å². The van der Waals surface area contributed by atoms with E-state index in [9.17, 15) is 0 Å². The predicted octanol–water partition coefficient (Wildman–Crippen LogP) is 2.88. The van der Waals surface area contributed by atoms with E-state index in [1.807, 2.05) is 11.8 Å². The van der Waals surface area contributed by atoms with Gasteiger partial charge < -0.3 is 5.32 Å². The van der Waals surface area contributed by atoms with Crippen molar-refractivity contribution < 1.29 is 0 Å². The molecule has 1 unspecified atom stereocenters. The molecule has 3 rings (SSSR count). The summed E-state index contributed by atoms with van der Waals surface area (Å²) in [6, 6.07) is 6.87. The Labute approximate surface area is 102 Å². The van der Waals surface area contributed by atoms with Crippen molar-refractivity contribution in [3.63, 3.8) is 0 Å². The van der Waals surface area contributed by atoms with Crippen LogP contribution in [0.2, 0.25) is 0 Å². The van der Waals surface area contributed by atoms with Crippen molar-refractivity contribution in [1.82, 2.24) is 5.32 Å². The van der Waals surface area contributed by atoms with Crippen LogP contribution in [0.1, 0.15) is 24.0 Å². The molecule has 0 amide bonds. The maximum Gasteiger partial charge on any atom is 0.0107 e. The van der Waals surface area contributed by atoms with E-state index in [4.69, 9.17) is 0 Å². The Kier molecular flexibility index (Phi) is 3.20. The number of hydrogen-bond acceptors (Lipinski definition) is 2. The maximum absolute atomic E-state index is 3.52. The maximum atomic E-state index is 3.52. The Morgan fingerprint density at radius 2 is 2.38 bits per heavy atom. The quantitative estimate of drug-likeness (QED) is 0.843. The number of fused-ring (bicyclic) bond motifs is 1. The Bertz CT molecular complexity index is 369. The van der Waals surface area contributed by atoms with Crippen LogP contribution in [0.25, 0.3) is 0 Å². The topological polar surface area (TPSA) is 12.0 Å².